The van der Waals surface area contributed by atoms with Crippen molar-refractivity contribution in [3.05, 3.63) is 69.7 Å². The summed E-state index contributed by atoms with van der Waals surface area (Å²) < 4.78 is 27.9. The van der Waals surface area contributed by atoms with Gasteiger partial charge < -0.3 is 5.32 Å². The van der Waals surface area contributed by atoms with Crippen LogP contribution in [0.25, 0.3) is 0 Å². The Balaban J connectivity index is 2.50. The third-order valence-electron chi connectivity index (χ3n) is 3.45. The van der Waals surface area contributed by atoms with E-state index in [1.54, 1.807) is 0 Å². The number of hydrogen-bond acceptors (Lipinski definition) is 1. The van der Waals surface area contributed by atoms with E-state index in [2.05, 4.69) is 12.2 Å². The topological polar surface area (TPSA) is 12.0 Å². The maximum Gasteiger partial charge on any atom is 0.142 e. The predicted octanol–water partition coefficient (Wildman–Crippen LogP) is 4.88. The van der Waals surface area contributed by atoms with Gasteiger partial charge in [0.05, 0.1) is 11.1 Å². The Morgan fingerprint density at radius 3 is 2.52 bits per heavy atom. The minimum Gasteiger partial charge on any atom is -0.306 e. The molecule has 0 radical (unpaired) electrons. The molecule has 0 aliphatic heterocycles. The first-order valence-corrected chi connectivity index (χ1v) is 7.41. The van der Waals surface area contributed by atoms with Gasteiger partial charge in [-0.15, -0.1) is 0 Å². The van der Waals surface area contributed by atoms with Crippen LogP contribution >= 0.6 is 11.6 Å². The normalized spacial score (nSPS) is 12.4. The summed E-state index contributed by atoms with van der Waals surface area (Å²) in [6.07, 6.45) is 0.893. The molecule has 0 aromatic heterocycles. The van der Waals surface area contributed by atoms with Crippen molar-refractivity contribution in [1.29, 1.82) is 0 Å². The Morgan fingerprint density at radius 2 is 1.86 bits per heavy atom. The molecule has 0 amide bonds. The third-order valence-corrected chi connectivity index (χ3v) is 3.74. The Kier molecular flexibility index (Phi) is 5.32. The molecule has 1 N–H and O–H groups in total. The van der Waals surface area contributed by atoms with Gasteiger partial charge in [0.2, 0.25) is 0 Å². The standard InChI is InChI=1S/C17H18ClF2N/c1-3-11-6-5-7-12(8-11)17(21-4-2)13-9-16(20)14(18)10-15(13)19/h5-10,17,21H,3-4H2,1-2H3. The van der Waals surface area contributed by atoms with E-state index < -0.39 is 17.7 Å². The van der Waals surface area contributed by atoms with E-state index in [0.29, 0.717) is 6.54 Å². The molecule has 2 aromatic rings. The van der Waals surface area contributed by atoms with Gasteiger partial charge in [0.1, 0.15) is 11.6 Å². The number of nitrogens with one attached hydrogen (secondary N) is 1. The molecular formula is C17H18ClF2N. The van der Waals surface area contributed by atoms with Crippen molar-refractivity contribution in [3.63, 3.8) is 0 Å². The van der Waals surface area contributed by atoms with Gasteiger partial charge in [0.25, 0.3) is 0 Å². The smallest absolute Gasteiger partial charge is 0.142 e. The van der Waals surface area contributed by atoms with Crippen molar-refractivity contribution >= 4 is 11.6 Å². The van der Waals surface area contributed by atoms with Crippen LogP contribution < -0.4 is 5.32 Å². The van der Waals surface area contributed by atoms with Crippen LogP contribution in [-0.4, -0.2) is 6.54 Å². The zero-order valence-electron chi connectivity index (χ0n) is 12.1. The highest BCUT2D eigenvalue weighted by atomic mass is 35.5. The van der Waals surface area contributed by atoms with E-state index in [1.165, 1.54) is 6.07 Å². The summed E-state index contributed by atoms with van der Waals surface area (Å²) in [4.78, 5) is 0. The fourth-order valence-corrected chi connectivity index (χ4v) is 2.51. The van der Waals surface area contributed by atoms with Gasteiger partial charge in [0, 0.05) is 5.56 Å². The Hall–Kier alpha value is -1.45. The van der Waals surface area contributed by atoms with Gasteiger partial charge in [-0.1, -0.05) is 49.7 Å². The highest BCUT2D eigenvalue weighted by molar-refractivity contribution is 6.30. The lowest BCUT2D eigenvalue weighted by atomic mass is 9.96. The highest BCUT2D eigenvalue weighted by Gasteiger charge is 2.19. The van der Waals surface area contributed by atoms with E-state index >= 15 is 0 Å². The molecule has 2 rings (SSSR count). The van der Waals surface area contributed by atoms with Gasteiger partial charge in [-0.05, 0) is 36.2 Å². The summed E-state index contributed by atoms with van der Waals surface area (Å²) in [5.41, 5.74) is 2.34. The monoisotopic (exact) mass is 309 g/mol. The second kappa shape index (κ2) is 7.01. The summed E-state index contributed by atoms with van der Waals surface area (Å²) in [7, 11) is 0. The van der Waals surface area contributed by atoms with Crippen LogP contribution in [-0.2, 0) is 6.42 Å². The Labute approximate surface area is 128 Å². The van der Waals surface area contributed by atoms with E-state index in [-0.39, 0.29) is 10.6 Å². The average molecular weight is 310 g/mol. The molecule has 0 aliphatic carbocycles. The molecule has 0 fully saturated rings. The molecule has 0 heterocycles. The maximum atomic E-state index is 14.2. The molecule has 0 spiro atoms. The van der Waals surface area contributed by atoms with Crippen LogP contribution in [0.15, 0.2) is 36.4 Å². The molecule has 0 saturated carbocycles. The lowest BCUT2D eigenvalue weighted by Crippen LogP contribution is -2.23. The lowest BCUT2D eigenvalue weighted by molar-refractivity contribution is 0.545. The maximum absolute atomic E-state index is 14.2. The van der Waals surface area contributed by atoms with Crippen molar-refractivity contribution in [2.24, 2.45) is 0 Å². The highest BCUT2D eigenvalue weighted by Crippen LogP contribution is 2.28. The number of aryl methyl sites for hydroxylation is 1. The van der Waals surface area contributed by atoms with E-state index in [4.69, 9.17) is 11.6 Å². The molecule has 0 saturated heterocycles. The molecule has 1 unspecified atom stereocenters. The second-order valence-corrected chi connectivity index (χ2v) is 5.28. The van der Waals surface area contributed by atoms with E-state index in [9.17, 15) is 8.78 Å². The molecule has 1 nitrogen and oxygen atoms in total. The Bertz CT molecular complexity index is 628. The van der Waals surface area contributed by atoms with Crippen molar-refractivity contribution in [3.8, 4) is 0 Å². The minimum absolute atomic E-state index is 0.200. The van der Waals surface area contributed by atoms with Crippen LogP contribution in [0, 0.1) is 11.6 Å². The van der Waals surface area contributed by atoms with Gasteiger partial charge in [-0.3, -0.25) is 0 Å². The molecule has 0 bridgehead atoms. The molecule has 1 atom stereocenters. The van der Waals surface area contributed by atoms with Gasteiger partial charge in [-0.25, -0.2) is 8.78 Å². The SMILES string of the molecule is CCNC(c1cccc(CC)c1)c1cc(F)c(Cl)cc1F. The molecule has 2 aromatic carbocycles. The van der Waals surface area contributed by atoms with Crippen LogP contribution in [0.1, 0.15) is 36.6 Å². The third kappa shape index (κ3) is 3.60. The first kappa shape index (κ1) is 15.9. The number of rotatable bonds is 5. The summed E-state index contributed by atoms with van der Waals surface area (Å²) in [5, 5.41) is 3.00. The molecule has 4 heteroatoms. The number of benzene rings is 2. The first-order chi connectivity index (χ1) is 10.1. The first-order valence-electron chi connectivity index (χ1n) is 7.03. The van der Waals surface area contributed by atoms with Crippen molar-refractivity contribution in [2.75, 3.05) is 6.54 Å². The van der Waals surface area contributed by atoms with Crippen molar-refractivity contribution < 1.29 is 8.78 Å². The molecule has 112 valence electrons. The summed E-state index contributed by atoms with van der Waals surface area (Å²) in [6.45, 7) is 4.63. The van der Waals surface area contributed by atoms with Gasteiger partial charge >= 0.3 is 0 Å². The average Bonchev–Trinajstić information content (AvgIpc) is 2.49. The Morgan fingerprint density at radius 1 is 1.10 bits per heavy atom. The van der Waals surface area contributed by atoms with Crippen molar-refractivity contribution in [2.45, 2.75) is 26.3 Å². The van der Waals surface area contributed by atoms with Crippen LogP contribution in [0.5, 0.6) is 0 Å². The fraction of sp³-hybridized carbons (Fsp3) is 0.294. The number of halogens is 3. The summed E-state index contributed by atoms with van der Waals surface area (Å²) in [5.74, 6) is -1.11. The zero-order valence-corrected chi connectivity index (χ0v) is 12.8. The van der Waals surface area contributed by atoms with Crippen LogP contribution in [0.3, 0.4) is 0 Å². The van der Waals surface area contributed by atoms with Gasteiger partial charge in [0.15, 0.2) is 0 Å². The molecular weight excluding hydrogens is 292 g/mol. The second-order valence-electron chi connectivity index (χ2n) is 4.88. The summed E-state index contributed by atoms with van der Waals surface area (Å²) in [6, 6.07) is 9.68. The largest absolute Gasteiger partial charge is 0.306 e. The number of hydrogen-bond donors (Lipinski definition) is 1. The fourth-order valence-electron chi connectivity index (χ4n) is 2.36. The zero-order chi connectivity index (χ0) is 15.4. The minimum atomic E-state index is -0.609. The van der Waals surface area contributed by atoms with E-state index in [0.717, 1.165) is 23.6 Å². The van der Waals surface area contributed by atoms with Crippen LogP contribution in [0.4, 0.5) is 8.78 Å². The van der Waals surface area contributed by atoms with Crippen molar-refractivity contribution in [1.82, 2.24) is 5.32 Å². The molecule has 21 heavy (non-hydrogen) atoms. The summed E-state index contributed by atoms with van der Waals surface area (Å²) >= 11 is 5.63. The van der Waals surface area contributed by atoms with E-state index in [1.807, 2.05) is 31.2 Å². The molecule has 0 aliphatic rings. The quantitative estimate of drug-likeness (QED) is 0.776. The lowest BCUT2D eigenvalue weighted by Gasteiger charge is -2.20. The predicted molar refractivity (Wildman–Crippen MR) is 82.7 cm³/mol. The van der Waals surface area contributed by atoms with Crippen LogP contribution in [0.2, 0.25) is 5.02 Å². The van der Waals surface area contributed by atoms with Gasteiger partial charge in [-0.2, -0.15) is 0 Å².